The van der Waals surface area contributed by atoms with Gasteiger partial charge in [0.1, 0.15) is 18.1 Å². The Bertz CT molecular complexity index is 972. The minimum Gasteiger partial charge on any atom is -0.497 e. The maximum absolute atomic E-state index is 12.1. The summed E-state index contributed by atoms with van der Waals surface area (Å²) in [6.45, 7) is 0.722. The van der Waals surface area contributed by atoms with E-state index >= 15 is 0 Å². The summed E-state index contributed by atoms with van der Waals surface area (Å²) in [5.41, 5.74) is 2.25. The predicted octanol–water partition coefficient (Wildman–Crippen LogP) is 4.03. The van der Waals surface area contributed by atoms with Crippen molar-refractivity contribution in [1.29, 1.82) is 0 Å². The summed E-state index contributed by atoms with van der Waals surface area (Å²) in [6, 6.07) is 23.9. The highest BCUT2D eigenvalue weighted by Gasteiger charge is 2.08. The zero-order valence-corrected chi connectivity index (χ0v) is 16.8. The van der Waals surface area contributed by atoms with Gasteiger partial charge in [0.05, 0.1) is 7.11 Å². The molecular formula is C24H24N2O4. The van der Waals surface area contributed by atoms with Crippen LogP contribution >= 0.6 is 0 Å². The average molecular weight is 404 g/mol. The number of hydrogen-bond acceptors (Lipinski definition) is 4. The molecule has 2 N–H and O–H groups in total. The molecule has 0 aliphatic heterocycles. The number of carbonyl (C=O) groups excluding carboxylic acids is 2. The molecule has 0 fully saturated rings. The van der Waals surface area contributed by atoms with Crippen LogP contribution in [0, 0.1) is 0 Å². The Morgan fingerprint density at radius 2 is 1.63 bits per heavy atom. The van der Waals surface area contributed by atoms with E-state index in [1.807, 2.05) is 42.5 Å². The molecule has 154 valence electrons. The molecule has 0 aliphatic carbocycles. The number of benzene rings is 3. The molecular weight excluding hydrogens is 380 g/mol. The van der Waals surface area contributed by atoms with Crippen LogP contribution < -0.4 is 20.1 Å². The van der Waals surface area contributed by atoms with Crippen LogP contribution in [0.2, 0.25) is 0 Å². The smallest absolute Gasteiger partial charge is 0.251 e. The van der Waals surface area contributed by atoms with Gasteiger partial charge in [0.2, 0.25) is 5.91 Å². The standard InChI is InChI=1S/C24H24N2O4/c1-29-22-9-5-8-19(16-22)24(28)25-15-14-23(27)26-20-10-12-21(13-11-20)30-17-18-6-3-2-4-7-18/h2-13,16H,14-15,17H2,1H3,(H,25,28)(H,26,27). The highest BCUT2D eigenvalue weighted by atomic mass is 16.5. The lowest BCUT2D eigenvalue weighted by Gasteiger charge is -2.09. The van der Waals surface area contributed by atoms with Crippen LogP contribution in [-0.4, -0.2) is 25.5 Å². The zero-order chi connectivity index (χ0) is 21.2. The fourth-order valence-corrected chi connectivity index (χ4v) is 2.75. The number of nitrogens with one attached hydrogen (secondary N) is 2. The third kappa shape index (κ3) is 6.38. The Kier molecular flexibility index (Phi) is 7.44. The molecule has 0 bridgehead atoms. The average Bonchev–Trinajstić information content (AvgIpc) is 2.79. The SMILES string of the molecule is COc1cccc(C(=O)NCCC(=O)Nc2ccc(OCc3ccccc3)cc2)c1. The van der Waals surface area contributed by atoms with Crippen LogP contribution in [0.25, 0.3) is 0 Å². The van der Waals surface area contributed by atoms with Crippen LogP contribution in [0.15, 0.2) is 78.9 Å². The third-order valence-corrected chi connectivity index (χ3v) is 4.36. The van der Waals surface area contributed by atoms with Crippen molar-refractivity contribution in [1.82, 2.24) is 5.32 Å². The molecule has 0 radical (unpaired) electrons. The molecule has 0 saturated heterocycles. The van der Waals surface area contributed by atoms with E-state index in [-0.39, 0.29) is 24.8 Å². The van der Waals surface area contributed by atoms with Crippen molar-refractivity contribution in [2.24, 2.45) is 0 Å². The first-order valence-corrected chi connectivity index (χ1v) is 9.63. The second kappa shape index (κ2) is 10.7. The summed E-state index contributed by atoms with van der Waals surface area (Å²) in [6.07, 6.45) is 0.169. The van der Waals surface area contributed by atoms with E-state index in [2.05, 4.69) is 10.6 Å². The summed E-state index contributed by atoms with van der Waals surface area (Å²) in [5.74, 6) is 0.902. The number of amides is 2. The zero-order valence-electron chi connectivity index (χ0n) is 16.8. The molecule has 0 aliphatic rings. The fourth-order valence-electron chi connectivity index (χ4n) is 2.75. The molecule has 0 saturated carbocycles. The van der Waals surface area contributed by atoms with Crippen molar-refractivity contribution >= 4 is 17.5 Å². The molecule has 0 atom stereocenters. The lowest BCUT2D eigenvalue weighted by atomic mass is 10.2. The number of ether oxygens (including phenoxy) is 2. The summed E-state index contributed by atoms with van der Waals surface area (Å²) in [4.78, 5) is 24.3. The first kappa shape index (κ1) is 20.9. The molecule has 6 heteroatoms. The van der Waals surface area contributed by atoms with E-state index in [1.54, 1.807) is 43.5 Å². The lowest BCUT2D eigenvalue weighted by molar-refractivity contribution is -0.116. The van der Waals surface area contributed by atoms with Gasteiger partial charge in [0.15, 0.2) is 0 Å². The van der Waals surface area contributed by atoms with Gasteiger partial charge < -0.3 is 20.1 Å². The lowest BCUT2D eigenvalue weighted by Crippen LogP contribution is -2.27. The maximum atomic E-state index is 12.1. The quantitative estimate of drug-likeness (QED) is 0.565. The van der Waals surface area contributed by atoms with E-state index in [9.17, 15) is 9.59 Å². The minimum atomic E-state index is -0.249. The van der Waals surface area contributed by atoms with Gasteiger partial charge in [-0.1, -0.05) is 36.4 Å². The third-order valence-electron chi connectivity index (χ3n) is 4.36. The Labute approximate surface area is 175 Å². The molecule has 2 amide bonds. The second-order valence-electron chi connectivity index (χ2n) is 6.58. The summed E-state index contributed by atoms with van der Waals surface area (Å²) >= 11 is 0. The van der Waals surface area contributed by atoms with Crippen molar-refractivity contribution in [3.05, 3.63) is 90.0 Å². The van der Waals surface area contributed by atoms with Gasteiger partial charge in [-0.3, -0.25) is 9.59 Å². The normalized spacial score (nSPS) is 10.2. The fraction of sp³-hybridized carbons (Fsp3) is 0.167. The van der Waals surface area contributed by atoms with Crippen LogP contribution in [0.1, 0.15) is 22.3 Å². The summed E-state index contributed by atoms with van der Waals surface area (Å²) < 4.78 is 10.8. The van der Waals surface area contributed by atoms with E-state index in [0.717, 1.165) is 11.3 Å². The highest BCUT2D eigenvalue weighted by molar-refractivity contribution is 5.95. The summed E-state index contributed by atoms with van der Waals surface area (Å²) in [5, 5.41) is 5.54. The van der Waals surface area contributed by atoms with E-state index in [4.69, 9.17) is 9.47 Å². The highest BCUT2D eigenvalue weighted by Crippen LogP contribution is 2.17. The molecule has 0 heterocycles. The van der Waals surface area contributed by atoms with Gasteiger partial charge in [-0.25, -0.2) is 0 Å². The minimum absolute atomic E-state index is 0.169. The van der Waals surface area contributed by atoms with Gasteiger partial charge in [0, 0.05) is 24.2 Å². The number of anilines is 1. The molecule has 3 rings (SSSR count). The first-order valence-electron chi connectivity index (χ1n) is 9.63. The van der Waals surface area contributed by atoms with Crippen LogP contribution in [0.4, 0.5) is 5.69 Å². The van der Waals surface area contributed by atoms with Gasteiger partial charge in [0.25, 0.3) is 5.91 Å². The number of carbonyl (C=O) groups is 2. The van der Waals surface area contributed by atoms with Gasteiger partial charge in [-0.2, -0.15) is 0 Å². The van der Waals surface area contributed by atoms with E-state index in [0.29, 0.717) is 23.6 Å². The Hall–Kier alpha value is -3.80. The molecule has 0 aromatic heterocycles. The number of methoxy groups -OCH3 is 1. The van der Waals surface area contributed by atoms with Crippen LogP contribution in [-0.2, 0) is 11.4 Å². The Balaban J connectivity index is 1.40. The van der Waals surface area contributed by atoms with Crippen molar-refractivity contribution in [3.8, 4) is 11.5 Å². The van der Waals surface area contributed by atoms with Crippen molar-refractivity contribution in [2.75, 3.05) is 19.0 Å². The molecule has 6 nitrogen and oxygen atoms in total. The van der Waals surface area contributed by atoms with E-state index < -0.39 is 0 Å². The van der Waals surface area contributed by atoms with Crippen molar-refractivity contribution < 1.29 is 19.1 Å². The maximum Gasteiger partial charge on any atom is 0.251 e. The van der Waals surface area contributed by atoms with Crippen LogP contribution in [0.5, 0.6) is 11.5 Å². The van der Waals surface area contributed by atoms with Crippen molar-refractivity contribution in [2.45, 2.75) is 13.0 Å². The molecule has 0 spiro atoms. The largest absolute Gasteiger partial charge is 0.497 e. The van der Waals surface area contributed by atoms with Crippen molar-refractivity contribution in [3.63, 3.8) is 0 Å². The molecule has 30 heavy (non-hydrogen) atoms. The molecule has 0 unspecified atom stereocenters. The number of hydrogen-bond donors (Lipinski definition) is 2. The predicted molar refractivity (Wildman–Crippen MR) is 116 cm³/mol. The van der Waals surface area contributed by atoms with E-state index in [1.165, 1.54) is 0 Å². The first-order chi connectivity index (χ1) is 14.6. The molecule has 3 aromatic rings. The number of rotatable bonds is 9. The molecule has 3 aromatic carbocycles. The second-order valence-corrected chi connectivity index (χ2v) is 6.58. The van der Waals surface area contributed by atoms with Gasteiger partial charge in [-0.15, -0.1) is 0 Å². The van der Waals surface area contributed by atoms with Crippen LogP contribution in [0.3, 0.4) is 0 Å². The Morgan fingerprint density at radius 3 is 2.37 bits per heavy atom. The monoisotopic (exact) mass is 404 g/mol. The van der Waals surface area contributed by atoms with Gasteiger partial charge in [-0.05, 0) is 48.0 Å². The summed E-state index contributed by atoms with van der Waals surface area (Å²) in [7, 11) is 1.54. The topological polar surface area (TPSA) is 76.7 Å². The van der Waals surface area contributed by atoms with Gasteiger partial charge >= 0.3 is 0 Å². The Morgan fingerprint density at radius 1 is 0.867 bits per heavy atom.